The molecule has 2 heterocycles. The number of benzene rings is 1. The molecule has 0 saturated carbocycles. The molecule has 1 aromatic carbocycles. The van der Waals surface area contributed by atoms with Crippen LogP contribution in [0.1, 0.15) is 13.8 Å². The lowest BCUT2D eigenvalue weighted by Crippen LogP contribution is -2.52. The molecule has 0 atom stereocenters. The number of hydrogen-bond donors (Lipinski definition) is 2. The lowest BCUT2D eigenvalue weighted by atomic mass is 10.3. The van der Waals surface area contributed by atoms with E-state index >= 15 is 0 Å². The van der Waals surface area contributed by atoms with Crippen LogP contribution in [0.15, 0.2) is 24.3 Å². The van der Waals surface area contributed by atoms with Gasteiger partial charge >= 0.3 is 6.03 Å². The number of fused-ring (bicyclic) bond motifs is 1. The van der Waals surface area contributed by atoms with Gasteiger partial charge in [0.25, 0.3) is 0 Å². The summed E-state index contributed by atoms with van der Waals surface area (Å²) in [6.45, 7) is 6.87. The van der Waals surface area contributed by atoms with E-state index in [4.69, 9.17) is 0 Å². The summed E-state index contributed by atoms with van der Waals surface area (Å²) in [6.07, 6.45) is 0. The molecule has 1 aliphatic heterocycles. The number of aromatic nitrogens is 1. The van der Waals surface area contributed by atoms with E-state index in [1.165, 1.54) is 11.3 Å². The Balaban J connectivity index is 1.49. The van der Waals surface area contributed by atoms with Crippen molar-refractivity contribution in [1.82, 2.24) is 20.1 Å². The van der Waals surface area contributed by atoms with Gasteiger partial charge in [0.1, 0.15) is 0 Å². The summed E-state index contributed by atoms with van der Waals surface area (Å²) in [6, 6.07) is 7.83. The van der Waals surface area contributed by atoms with Crippen molar-refractivity contribution in [3.63, 3.8) is 0 Å². The Morgan fingerprint density at radius 2 is 1.92 bits per heavy atom. The summed E-state index contributed by atoms with van der Waals surface area (Å²) in [5.41, 5.74) is 0.892. The first kappa shape index (κ1) is 17.6. The lowest BCUT2D eigenvalue weighted by Gasteiger charge is -2.34. The predicted octanol–water partition coefficient (Wildman–Crippen LogP) is 1.97. The summed E-state index contributed by atoms with van der Waals surface area (Å²) >= 11 is 1.47. The van der Waals surface area contributed by atoms with Crippen molar-refractivity contribution in [2.24, 2.45) is 0 Å². The molecule has 0 unspecified atom stereocenters. The first-order chi connectivity index (χ1) is 12.0. The van der Waals surface area contributed by atoms with Gasteiger partial charge in [-0.15, -0.1) is 0 Å². The third-order valence-corrected chi connectivity index (χ3v) is 4.94. The molecule has 1 saturated heterocycles. The van der Waals surface area contributed by atoms with Crippen LogP contribution >= 0.6 is 11.3 Å². The van der Waals surface area contributed by atoms with Gasteiger partial charge in [-0.05, 0) is 26.0 Å². The van der Waals surface area contributed by atoms with Crippen LogP contribution < -0.4 is 10.6 Å². The molecule has 1 fully saturated rings. The van der Waals surface area contributed by atoms with E-state index in [0.717, 1.165) is 10.2 Å². The van der Waals surface area contributed by atoms with Crippen molar-refractivity contribution < 1.29 is 9.59 Å². The normalized spacial score (nSPS) is 15.6. The monoisotopic (exact) mass is 361 g/mol. The number of carbonyl (C=O) groups is 2. The Morgan fingerprint density at radius 1 is 1.20 bits per heavy atom. The second kappa shape index (κ2) is 7.79. The summed E-state index contributed by atoms with van der Waals surface area (Å²) in [4.78, 5) is 32.5. The Bertz CT molecular complexity index is 719. The minimum absolute atomic E-state index is 0.0300. The van der Waals surface area contributed by atoms with Crippen LogP contribution in [-0.4, -0.2) is 65.5 Å². The van der Waals surface area contributed by atoms with Gasteiger partial charge in [-0.1, -0.05) is 23.5 Å². The summed E-state index contributed by atoms with van der Waals surface area (Å²) in [5, 5.41) is 6.38. The highest BCUT2D eigenvalue weighted by Crippen LogP contribution is 2.25. The maximum Gasteiger partial charge on any atom is 0.323 e. The smallest absolute Gasteiger partial charge is 0.323 e. The SMILES string of the molecule is CC(C)NC(=O)CN1CCN(C(=O)Nc2nc3ccccc3s2)CC1. The van der Waals surface area contributed by atoms with Crippen LogP contribution in [0.4, 0.5) is 9.93 Å². The van der Waals surface area contributed by atoms with E-state index in [-0.39, 0.29) is 18.0 Å². The Hall–Kier alpha value is -2.19. The second-order valence-corrected chi connectivity index (χ2v) is 7.43. The Labute approximate surface area is 151 Å². The van der Waals surface area contributed by atoms with Crippen LogP contribution in [0, 0.1) is 0 Å². The number of para-hydroxylation sites is 1. The van der Waals surface area contributed by atoms with E-state index in [2.05, 4.69) is 20.5 Å². The predicted molar refractivity (Wildman–Crippen MR) is 99.9 cm³/mol. The van der Waals surface area contributed by atoms with Gasteiger partial charge < -0.3 is 10.2 Å². The fourth-order valence-electron chi connectivity index (χ4n) is 2.78. The van der Waals surface area contributed by atoms with E-state index < -0.39 is 0 Å². The number of nitrogens with zero attached hydrogens (tertiary/aromatic N) is 3. The zero-order chi connectivity index (χ0) is 17.8. The molecule has 2 N–H and O–H groups in total. The fourth-order valence-corrected chi connectivity index (χ4v) is 3.63. The van der Waals surface area contributed by atoms with Gasteiger partial charge in [-0.25, -0.2) is 9.78 Å². The largest absolute Gasteiger partial charge is 0.353 e. The molecule has 0 spiro atoms. The molecule has 3 amide bonds. The Kier molecular flexibility index (Phi) is 5.50. The van der Waals surface area contributed by atoms with E-state index in [9.17, 15) is 9.59 Å². The minimum Gasteiger partial charge on any atom is -0.353 e. The van der Waals surface area contributed by atoms with Crippen LogP contribution in [0.2, 0.25) is 0 Å². The van der Waals surface area contributed by atoms with Gasteiger partial charge in [0.15, 0.2) is 5.13 Å². The number of rotatable bonds is 4. The van der Waals surface area contributed by atoms with Crippen LogP contribution in [-0.2, 0) is 4.79 Å². The highest BCUT2D eigenvalue weighted by molar-refractivity contribution is 7.22. The number of anilines is 1. The number of carbonyl (C=O) groups excluding carboxylic acids is 2. The molecular formula is C17H23N5O2S. The van der Waals surface area contributed by atoms with Crippen molar-refractivity contribution in [3.8, 4) is 0 Å². The van der Waals surface area contributed by atoms with Crippen molar-refractivity contribution in [1.29, 1.82) is 0 Å². The average molecular weight is 361 g/mol. The molecule has 8 heteroatoms. The van der Waals surface area contributed by atoms with E-state index in [1.54, 1.807) is 4.90 Å². The number of thiazole rings is 1. The van der Waals surface area contributed by atoms with Crippen molar-refractivity contribution in [3.05, 3.63) is 24.3 Å². The molecule has 3 rings (SSSR count). The van der Waals surface area contributed by atoms with Crippen LogP contribution in [0.3, 0.4) is 0 Å². The first-order valence-corrected chi connectivity index (χ1v) is 9.26. The summed E-state index contributed by atoms with van der Waals surface area (Å²) < 4.78 is 1.05. The van der Waals surface area contributed by atoms with E-state index in [1.807, 2.05) is 38.1 Å². The molecule has 7 nitrogen and oxygen atoms in total. The van der Waals surface area contributed by atoms with Gasteiger partial charge in [-0.3, -0.25) is 15.0 Å². The quantitative estimate of drug-likeness (QED) is 0.873. The number of amides is 3. The zero-order valence-corrected chi connectivity index (χ0v) is 15.3. The maximum absolute atomic E-state index is 12.4. The number of nitrogens with one attached hydrogen (secondary N) is 2. The second-order valence-electron chi connectivity index (χ2n) is 6.40. The van der Waals surface area contributed by atoms with Crippen molar-refractivity contribution in [2.75, 3.05) is 38.0 Å². The zero-order valence-electron chi connectivity index (χ0n) is 14.5. The Morgan fingerprint density at radius 3 is 2.60 bits per heavy atom. The number of urea groups is 1. The minimum atomic E-state index is -0.134. The third kappa shape index (κ3) is 4.67. The number of hydrogen-bond acceptors (Lipinski definition) is 5. The highest BCUT2D eigenvalue weighted by atomic mass is 32.1. The topological polar surface area (TPSA) is 77.6 Å². The molecule has 25 heavy (non-hydrogen) atoms. The van der Waals surface area contributed by atoms with Crippen LogP contribution in [0.5, 0.6) is 0 Å². The van der Waals surface area contributed by atoms with Gasteiger partial charge in [-0.2, -0.15) is 0 Å². The summed E-state index contributed by atoms with van der Waals surface area (Å²) in [7, 11) is 0. The van der Waals surface area contributed by atoms with Gasteiger partial charge in [0, 0.05) is 32.2 Å². The van der Waals surface area contributed by atoms with Crippen molar-refractivity contribution >= 4 is 38.6 Å². The average Bonchev–Trinajstić information content (AvgIpc) is 2.96. The molecule has 0 aliphatic carbocycles. The lowest BCUT2D eigenvalue weighted by molar-refractivity contribution is -0.123. The standard InChI is InChI=1S/C17H23N5O2S/c1-12(2)18-15(23)11-21-7-9-22(10-8-21)17(24)20-16-19-13-5-3-4-6-14(13)25-16/h3-6,12H,7-11H2,1-2H3,(H,18,23)(H,19,20,24). The maximum atomic E-state index is 12.4. The molecule has 1 aliphatic rings. The molecule has 0 radical (unpaired) electrons. The van der Waals surface area contributed by atoms with E-state index in [0.29, 0.717) is 37.9 Å². The molecule has 1 aromatic heterocycles. The molecular weight excluding hydrogens is 338 g/mol. The summed E-state index contributed by atoms with van der Waals surface area (Å²) in [5.74, 6) is 0.0300. The molecule has 134 valence electrons. The fraction of sp³-hybridized carbons (Fsp3) is 0.471. The molecule has 0 bridgehead atoms. The van der Waals surface area contributed by atoms with Gasteiger partial charge in [0.05, 0.1) is 16.8 Å². The third-order valence-electron chi connectivity index (χ3n) is 3.98. The highest BCUT2D eigenvalue weighted by Gasteiger charge is 2.23. The molecule has 2 aromatic rings. The van der Waals surface area contributed by atoms with Gasteiger partial charge in [0.2, 0.25) is 5.91 Å². The van der Waals surface area contributed by atoms with Crippen LogP contribution in [0.25, 0.3) is 10.2 Å². The van der Waals surface area contributed by atoms with Crippen molar-refractivity contribution in [2.45, 2.75) is 19.9 Å². The number of piperazine rings is 1. The first-order valence-electron chi connectivity index (χ1n) is 8.44.